The fourth-order valence-corrected chi connectivity index (χ4v) is 3.72. The Kier molecular flexibility index (Phi) is 7.88. The lowest BCUT2D eigenvalue weighted by molar-refractivity contribution is -0.138. The standard InChI is InChI=1S/C20H23N3O6S.ClH/c1-23-18-11-15(28-2)8-9-16(18)21-19(23)12-29-14-6-4-13(5-7-14)10-17(20(24)25)22-30(3,26)27;/h4-9,11,17,22H,10,12H2,1-3H3,(H,24,25);1H. The maximum absolute atomic E-state index is 11.3. The molecule has 1 unspecified atom stereocenters. The molecule has 1 aromatic heterocycles. The van der Waals surface area contributed by atoms with Gasteiger partial charge in [-0.3, -0.25) is 4.79 Å². The van der Waals surface area contributed by atoms with Crippen molar-refractivity contribution < 1.29 is 27.8 Å². The minimum absolute atomic E-state index is 0. The van der Waals surface area contributed by atoms with Gasteiger partial charge in [0.2, 0.25) is 10.0 Å². The lowest BCUT2D eigenvalue weighted by Gasteiger charge is -2.13. The highest BCUT2D eigenvalue weighted by Crippen LogP contribution is 2.22. The van der Waals surface area contributed by atoms with Crippen molar-refractivity contribution in [1.29, 1.82) is 0 Å². The second-order valence-electron chi connectivity index (χ2n) is 6.86. The summed E-state index contributed by atoms with van der Waals surface area (Å²) in [6.07, 6.45) is 0.951. The Morgan fingerprint density at radius 2 is 1.84 bits per heavy atom. The zero-order valence-electron chi connectivity index (χ0n) is 17.2. The molecule has 0 radical (unpaired) electrons. The SMILES string of the molecule is COc1ccc2nc(COc3ccc(CC(NS(C)(=O)=O)C(=O)O)cc3)n(C)c2c1.Cl. The highest BCUT2D eigenvalue weighted by atomic mass is 35.5. The van der Waals surface area contributed by atoms with E-state index in [1.165, 1.54) is 0 Å². The number of benzene rings is 2. The van der Waals surface area contributed by atoms with Crippen LogP contribution in [0.5, 0.6) is 11.5 Å². The molecular formula is C20H24ClN3O6S. The van der Waals surface area contributed by atoms with E-state index < -0.39 is 22.0 Å². The predicted octanol–water partition coefficient (Wildman–Crippen LogP) is 2.13. The van der Waals surface area contributed by atoms with Gasteiger partial charge in [0.05, 0.1) is 24.4 Å². The van der Waals surface area contributed by atoms with Crippen LogP contribution in [0.25, 0.3) is 11.0 Å². The summed E-state index contributed by atoms with van der Waals surface area (Å²) in [5, 5.41) is 9.21. The fraction of sp³-hybridized carbons (Fsp3) is 0.300. The molecule has 9 nitrogen and oxygen atoms in total. The number of methoxy groups -OCH3 is 1. The first-order chi connectivity index (χ1) is 14.2. The minimum Gasteiger partial charge on any atom is -0.497 e. The molecule has 2 aromatic carbocycles. The van der Waals surface area contributed by atoms with Gasteiger partial charge in [-0.05, 0) is 36.2 Å². The molecule has 31 heavy (non-hydrogen) atoms. The normalized spacial score (nSPS) is 12.2. The number of aliphatic carboxylic acids is 1. The van der Waals surface area contributed by atoms with E-state index in [-0.39, 0.29) is 25.4 Å². The summed E-state index contributed by atoms with van der Waals surface area (Å²) in [5.74, 6) is 0.842. The number of nitrogens with zero attached hydrogens (tertiary/aromatic N) is 2. The number of aromatic nitrogens is 2. The van der Waals surface area contributed by atoms with Crippen LogP contribution in [0.15, 0.2) is 42.5 Å². The number of hydrogen-bond donors (Lipinski definition) is 2. The van der Waals surface area contributed by atoms with E-state index in [0.29, 0.717) is 11.3 Å². The van der Waals surface area contributed by atoms with Crippen molar-refractivity contribution >= 4 is 39.4 Å². The van der Waals surface area contributed by atoms with E-state index in [0.717, 1.165) is 28.9 Å². The first-order valence-electron chi connectivity index (χ1n) is 9.07. The number of ether oxygens (including phenoxy) is 2. The van der Waals surface area contributed by atoms with Crippen LogP contribution in [-0.2, 0) is 34.9 Å². The van der Waals surface area contributed by atoms with Crippen LogP contribution < -0.4 is 14.2 Å². The van der Waals surface area contributed by atoms with Crippen LogP contribution in [0.3, 0.4) is 0 Å². The Morgan fingerprint density at radius 3 is 2.42 bits per heavy atom. The molecule has 0 aliphatic carbocycles. The topological polar surface area (TPSA) is 120 Å². The molecule has 168 valence electrons. The van der Waals surface area contributed by atoms with Gasteiger partial charge in [0.25, 0.3) is 0 Å². The molecule has 0 spiro atoms. The van der Waals surface area contributed by atoms with Gasteiger partial charge >= 0.3 is 5.97 Å². The van der Waals surface area contributed by atoms with Gasteiger partial charge in [0, 0.05) is 13.1 Å². The molecule has 3 aromatic rings. The Hall–Kier alpha value is -2.82. The number of carboxylic acid groups (broad SMARTS) is 1. The summed E-state index contributed by atoms with van der Waals surface area (Å²) in [7, 11) is -0.116. The van der Waals surface area contributed by atoms with Gasteiger partial charge in [-0.1, -0.05) is 12.1 Å². The van der Waals surface area contributed by atoms with Crippen molar-refractivity contribution in [2.24, 2.45) is 7.05 Å². The van der Waals surface area contributed by atoms with E-state index in [2.05, 4.69) is 9.71 Å². The maximum atomic E-state index is 11.3. The van der Waals surface area contributed by atoms with Gasteiger partial charge in [-0.15, -0.1) is 12.4 Å². The molecule has 0 bridgehead atoms. The smallest absolute Gasteiger partial charge is 0.322 e. The zero-order chi connectivity index (χ0) is 21.9. The number of carboxylic acids is 1. The summed E-state index contributed by atoms with van der Waals surface area (Å²) in [5.41, 5.74) is 2.44. The summed E-state index contributed by atoms with van der Waals surface area (Å²) in [4.78, 5) is 15.9. The average molecular weight is 470 g/mol. The second kappa shape index (κ2) is 9.99. The molecule has 0 aliphatic heterocycles. The third kappa shape index (κ3) is 6.33. The quantitative estimate of drug-likeness (QED) is 0.492. The van der Waals surface area contributed by atoms with E-state index >= 15 is 0 Å². The zero-order valence-corrected chi connectivity index (χ0v) is 18.9. The molecule has 2 N–H and O–H groups in total. The Balaban J connectivity index is 0.00000341. The number of carbonyl (C=O) groups is 1. The number of aryl methyl sites for hydroxylation is 1. The number of halogens is 1. The van der Waals surface area contributed by atoms with Gasteiger partial charge in [0.1, 0.15) is 30.0 Å². The Labute approximate surface area is 186 Å². The number of hydrogen-bond acceptors (Lipinski definition) is 6. The number of fused-ring (bicyclic) bond motifs is 1. The summed E-state index contributed by atoms with van der Waals surface area (Å²) >= 11 is 0. The van der Waals surface area contributed by atoms with E-state index in [9.17, 15) is 18.3 Å². The van der Waals surface area contributed by atoms with Gasteiger partial charge in [-0.2, -0.15) is 0 Å². The Morgan fingerprint density at radius 1 is 1.19 bits per heavy atom. The molecule has 0 saturated heterocycles. The third-order valence-corrected chi connectivity index (χ3v) is 5.28. The summed E-state index contributed by atoms with van der Waals surface area (Å²) in [6.45, 7) is 0.250. The van der Waals surface area contributed by atoms with Crippen LogP contribution in [0.1, 0.15) is 11.4 Å². The predicted molar refractivity (Wildman–Crippen MR) is 118 cm³/mol. The van der Waals surface area contributed by atoms with Gasteiger partial charge in [0.15, 0.2) is 0 Å². The fourth-order valence-electron chi connectivity index (χ4n) is 3.02. The van der Waals surface area contributed by atoms with Crippen molar-refractivity contribution in [3.8, 4) is 11.5 Å². The highest BCUT2D eigenvalue weighted by molar-refractivity contribution is 7.88. The van der Waals surface area contributed by atoms with Gasteiger partial charge < -0.3 is 19.1 Å². The van der Waals surface area contributed by atoms with Crippen LogP contribution in [0.2, 0.25) is 0 Å². The van der Waals surface area contributed by atoms with Gasteiger partial charge in [-0.25, -0.2) is 18.1 Å². The molecular weight excluding hydrogens is 446 g/mol. The maximum Gasteiger partial charge on any atom is 0.322 e. The second-order valence-corrected chi connectivity index (χ2v) is 8.64. The van der Waals surface area contributed by atoms with Crippen LogP contribution in [0.4, 0.5) is 0 Å². The first-order valence-corrected chi connectivity index (χ1v) is 11.0. The largest absolute Gasteiger partial charge is 0.497 e. The monoisotopic (exact) mass is 469 g/mol. The van der Waals surface area contributed by atoms with Crippen LogP contribution in [0, 0.1) is 0 Å². The molecule has 1 heterocycles. The van der Waals surface area contributed by atoms with Crippen LogP contribution in [-0.4, -0.2) is 48.5 Å². The van der Waals surface area contributed by atoms with Crippen molar-refractivity contribution in [1.82, 2.24) is 14.3 Å². The first kappa shape index (κ1) is 24.4. The molecule has 0 saturated carbocycles. The summed E-state index contributed by atoms with van der Waals surface area (Å²) < 4.78 is 37.8. The van der Waals surface area contributed by atoms with Crippen molar-refractivity contribution in [2.45, 2.75) is 19.1 Å². The number of rotatable bonds is 9. The number of nitrogens with one attached hydrogen (secondary N) is 1. The van der Waals surface area contributed by atoms with Crippen molar-refractivity contribution in [2.75, 3.05) is 13.4 Å². The lowest BCUT2D eigenvalue weighted by atomic mass is 10.1. The molecule has 1 atom stereocenters. The summed E-state index contributed by atoms with van der Waals surface area (Å²) in [6, 6.07) is 11.2. The number of imidazole rings is 1. The third-order valence-electron chi connectivity index (χ3n) is 4.57. The van der Waals surface area contributed by atoms with E-state index in [1.54, 1.807) is 31.4 Å². The van der Waals surface area contributed by atoms with Crippen molar-refractivity contribution in [3.63, 3.8) is 0 Å². The Bertz CT molecular complexity index is 1160. The molecule has 11 heteroatoms. The highest BCUT2D eigenvalue weighted by Gasteiger charge is 2.21. The molecule has 0 fully saturated rings. The number of sulfonamides is 1. The minimum atomic E-state index is -3.63. The van der Waals surface area contributed by atoms with E-state index in [1.807, 2.05) is 29.8 Å². The molecule has 0 amide bonds. The van der Waals surface area contributed by atoms with Crippen molar-refractivity contribution in [3.05, 3.63) is 53.9 Å². The molecule has 0 aliphatic rings. The average Bonchev–Trinajstić information content (AvgIpc) is 3.01. The van der Waals surface area contributed by atoms with Crippen LogP contribution >= 0.6 is 12.4 Å². The lowest BCUT2D eigenvalue weighted by Crippen LogP contribution is -2.41. The van der Waals surface area contributed by atoms with E-state index in [4.69, 9.17) is 9.47 Å². The molecule has 3 rings (SSSR count).